The average molecular weight is 684 g/mol. The minimum atomic E-state index is -0.563. The first-order chi connectivity index (χ1) is 23.4. The molecule has 4 N–H and O–H groups in total. The molecule has 0 aliphatic carbocycles. The molecule has 1 fully saturated rings. The third-order valence-electron chi connectivity index (χ3n) is 7.51. The fraction of sp³-hybridized carbons (Fsp3) is 0.471. The van der Waals surface area contributed by atoms with E-state index in [0.29, 0.717) is 102 Å². The molecular weight excluding hydrogens is 638 g/mol. The number of anilines is 5. The summed E-state index contributed by atoms with van der Waals surface area (Å²) >= 11 is 6.34. The number of carbonyl (C=O) groups excluding carboxylic acids is 2. The molecule has 0 atom stereocenters. The Balaban J connectivity index is 1.14. The lowest BCUT2D eigenvalue weighted by atomic mass is 10.1. The fourth-order valence-electron chi connectivity index (χ4n) is 4.90. The van der Waals surface area contributed by atoms with Crippen LogP contribution >= 0.6 is 11.6 Å². The summed E-state index contributed by atoms with van der Waals surface area (Å²) in [6.07, 6.45) is 4.02. The van der Waals surface area contributed by atoms with Gasteiger partial charge in [-0.3, -0.25) is 9.59 Å². The molecule has 260 valence electrons. The molecule has 48 heavy (non-hydrogen) atoms. The topological polar surface area (TPSA) is 153 Å². The number of unbranched alkanes of at least 4 members (excludes halogenated alkanes) is 1. The fourth-order valence-corrected chi connectivity index (χ4v) is 5.04. The average Bonchev–Trinajstić information content (AvgIpc) is 3.10. The first-order valence-electron chi connectivity index (χ1n) is 16.3. The second kappa shape index (κ2) is 20.4. The standard InChI is InChI=1S/C34H46ClN7O6/c1-2-3-16-45-18-20-47-22-23-48-21-19-46-17-11-31(43)42-14-12-41(13-15-42)27-8-6-7-26(24-27)38-34-37-25-29(35)33(40-34)39-30-10-5-4-9-28(30)32(36)44/h4-10,24-25H,2-3,11-23H2,1H3,(H2,36,44)(H2,37,38,39,40). The molecule has 0 saturated carbocycles. The lowest BCUT2D eigenvalue weighted by molar-refractivity contribution is -0.132. The molecule has 0 bridgehead atoms. The molecule has 1 aromatic heterocycles. The van der Waals surface area contributed by atoms with E-state index in [4.69, 9.17) is 36.3 Å². The minimum Gasteiger partial charge on any atom is -0.379 e. The van der Waals surface area contributed by atoms with E-state index in [0.717, 1.165) is 30.8 Å². The minimum absolute atomic E-state index is 0.0864. The monoisotopic (exact) mass is 683 g/mol. The summed E-state index contributed by atoms with van der Waals surface area (Å²) in [6, 6.07) is 14.8. The van der Waals surface area contributed by atoms with Crippen molar-refractivity contribution < 1.29 is 28.5 Å². The molecule has 14 heteroatoms. The third-order valence-corrected chi connectivity index (χ3v) is 7.78. The van der Waals surface area contributed by atoms with E-state index in [9.17, 15) is 9.59 Å². The molecule has 13 nitrogen and oxygen atoms in total. The summed E-state index contributed by atoms with van der Waals surface area (Å²) in [6.45, 7) is 9.07. The molecule has 4 rings (SSSR count). The molecule has 2 amide bonds. The number of nitrogens with one attached hydrogen (secondary N) is 2. The number of rotatable bonds is 21. The van der Waals surface area contributed by atoms with Crippen LogP contribution in [0, 0.1) is 0 Å². The summed E-state index contributed by atoms with van der Waals surface area (Å²) in [7, 11) is 0. The van der Waals surface area contributed by atoms with Gasteiger partial charge in [-0.1, -0.05) is 43.1 Å². The molecule has 0 spiro atoms. The zero-order valence-corrected chi connectivity index (χ0v) is 28.3. The van der Waals surface area contributed by atoms with E-state index in [1.807, 2.05) is 29.2 Å². The molecule has 1 aliphatic heterocycles. The van der Waals surface area contributed by atoms with Gasteiger partial charge in [0.25, 0.3) is 5.91 Å². The number of aromatic nitrogens is 2. The Morgan fingerprint density at radius 2 is 1.52 bits per heavy atom. The molecule has 1 aliphatic rings. The van der Waals surface area contributed by atoms with Crippen LogP contribution in [0.5, 0.6) is 0 Å². The highest BCUT2D eigenvalue weighted by Gasteiger charge is 2.21. The van der Waals surface area contributed by atoms with E-state index < -0.39 is 5.91 Å². The van der Waals surface area contributed by atoms with E-state index in [1.165, 1.54) is 6.20 Å². The Bertz CT molecular complexity index is 1440. The van der Waals surface area contributed by atoms with Crippen LogP contribution in [-0.2, 0) is 23.7 Å². The Morgan fingerprint density at radius 3 is 2.21 bits per heavy atom. The van der Waals surface area contributed by atoms with Crippen molar-refractivity contribution in [1.82, 2.24) is 14.9 Å². The zero-order valence-electron chi connectivity index (χ0n) is 27.5. The predicted octanol–water partition coefficient (Wildman–Crippen LogP) is 4.62. The molecule has 2 heterocycles. The number of nitrogens with two attached hydrogens (primary N) is 1. The van der Waals surface area contributed by atoms with Crippen molar-refractivity contribution in [1.29, 1.82) is 0 Å². The van der Waals surface area contributed by atoms with Crippen LogP contribution in [-0.4, -0.2) is 106 Å². The first kappa shape index (κ1) is 36.8. The Kier molecular flexibility index (Phi) is 15.6. The van der Waals surface area contributed by atoms with Crippen LogP contribution < -0.4 is 21.3 Å². The molecule has 1 saturated heterocycles. The highest BCUT2D eigenvalue weighted by Crippen LogP contribution is 2.28. The van der Waals surface area contributed by atoms with Gasteiger partial charge in [-0.05, 0) is 36.8 Å². The number of ether oxygens (including phenoxy) is 4. The summed E-state index contributed by atoms with van der Waals surface area (Å²) in [5.74, 6) is 0.183. The summed E-state index contributed by atoms with van der Waals surface area (Å²) in [4.78, 5) is 37.5. The zero-order chi connectivity index (χ0) is 34.0. The molecule has 0 radical (unpaired) electrons. The van der Waals surface area contributed by atoms with Gasteiger partial charge in [-0.15, -0.1) is 0 Å². The van der Waals surface area contributed by atoms with Crippen LogP contribution in [0.25, 0.3) is 0 Å². The van der Waals surface area contributed by atoms with E-state index in [2.05, 4.69) is 32.4 Å². The number of benzene rings is 2. The van der Waals surface area contributed by atoms with Crippen LogP contribution in [0.3, 0.4) is 0 Å². The maximum absolute atomic E-state index is 12.7. The van der Waals surface area contributed by atoms with Crippen molar-refractivity contribution in [2.24, 2.45) is 5.73 Å². The lowest BCUT2D eigenvalue weighted by Crippen LogP contribution is -2.49. The number of hydrogen-bond acceptors (Lipinski definition) is 11. The Morgan fingerprint density at radius 1 is 0.854 bits per heavy atom. The van der Waals surface area contributed by atoms with Gasteiger partial charge in [0.05, 0.1) is 70.1 Å². The smallest absolute Gasteiger partial charge is 0.250 e. The number of halogens is 1. The van der Waals surface area contributed by atoms with E-state index >= 15 is 0 Å². The maximum atomic E-state index is 12.7. The molecule has 2 aromatic carbocycles. The lowest BCUT2D eigenvalue weighted by Gasteiger charge is -2.36. The SMILES string of the molecule is CCCCOCCOCCOCCOCCC(=O)N1CCN(c2cccc(Nc3ncc(Cl)c(Nc4ccccc4C(N)=O)n3)c2)CC1. The van der Waals surface area contributed by atoms with Gasteiger partial charge >= 0.3 is 0 Å². The van der Waals surface area contributed by atoms with Gasteiger partial charge in [-0.25, -0.2) is 4.98 Å². The van der Waals surface area contributed by atoms with Crippen molar-refractivity contribution in [2.75, 3.05) is 94.6 Å². The van der Waals surface area contributed by atoms with Crippen LogP contribution in [0.4, 0.5) is 28.8 Å². The predicted molar refractivity (Wildman–Crippen MR) is 187 cm³/mol. The highest BCUT2D eigenvalue weighted by atomic mass is 35.5. The summed E-state index contributed by atoms with van der Waals surface area (Å²) in [5.41, 5.74) is 8.12. The van der Waals surface area contributed by atoms with Gasteiger partial charge in [0.1, 0.15) is 5.02 Å². The van der Waals surface area contributed by atoms with Crippen LogP contribution in [0.15, 0.2) is 54.7 Å². The summed E-state index contributed by atoms with van der Waals surface area (Å²) < 4.78 is 22.0. The summed E-state index contributed by atoms with van der Waals surface area (Å²) in [5, 5.41) is 6.59. The van der Waals surface area contributed by atoms with Crippen molar-refractivity contribution >= 4 is 52.2 Å². The number of hydrogen-bond donors (Lipinski definition) is 3. The third kappa shape index (κ3) is 12.2. The second-order valence-corrected chi connectivity index (χ2v) is 11.4. The number of primary amides is 1. The second-order valence-electron chi connectivity index (χ2n) is 11.0. The van der Waals surface area contributed by atoms with Crippen LogP contribution in [0.2, 0.25) is 5.02 Å². The first-order valence-corrected chi connectivity index (χ1v) is 16.7. The maximum Gasteiger partial charge on any atom is 0.250 e. The van der Waals surface area contributed by atoms with Gasteiger partial charge < -0.3 is 45.1 Å². The van der Waals surface area contributed by atoms with E-state index in [-0.39, 0.29) is 10.9 Å². The molecule has 3 aromatic rings. The number of amides is 2. The van der Waals surface area contributed by atoms with E-state index in [1.54, 1.807) is 24.3 Å². The van der Waals surface area contributed by atoms with Gasteiger partial charge in [0.2, 0.25) is 11.9 Å². The van der Waals surface area contributed by atoms with Gasteiger partial charge in [0.15, 0.2) is 5.82 Å². The van der Waals surface area contributed by atoms with Crippen molar-refractivity contribution in [3.05, 3.63) is 65.3 Å². The van der Waals surface area contributed by atoms with Crippen LogP contribution in [0.1, 0.15) is 36.5 Å². The Hall–Kier alpha value is -4.01. The normalized spacial score (nSPS) is 13.0. The number of carbonyl (C=O) groups is 2. The number of piperazine rings is 1. The number of para-hydroxylation sites is 1. The number of nitrogens with zero attached hydrogens (tertiary/aromatic N) is 4. The van der Waals surface area contributed by atoms with Crippen molar-refractivity contribution in [3.8, 4) is 0 Å². The van der Waals surface area contributed by atoms with Gasteiger partial charge in [0, 0.05) is 44.2 Å². The molecule has 0 unspecified atom stereocenters. The molecular formula is C34H46ClN7O6. The van der Waals surface area contributed by atoms with Crippen molar-refractivity contribution in [2.45, 2.75) is 26.2 Å². The quantitative estimate of drug-likeness (QED) is 0.135. The highest BCUT2D eigenvalue weighted by molar-refractivity contribution is 6.33. The van der Waals surface area contributed by atoms with Gasteiger partial charge in [-0.2, -0.15) is 4.98 Å². The largest absolute Gasteiger partial charge is 0.379 e. The van der Waals surface area contributed by atoms with Crippen molar-refractivity contribution in [3.63, 3.8) is 0 Å². The Labute approximate surface area is 287 Å².